The Labute approximate surface area is 139 Å². The van der Waals surface area contributed by atoms with E-state index in [1.807, 2.05) is 0 Å². The molecule has 0 aromatic heterocycles. The third-order valence-corrected chi connectivity index (χ3v) is 3.52. The molecular formula is C17H13F6NO. The summed E-state index contributed by atoms with van der Waals surface area (Å²) in [5.74, 6) is -3.33. The minimum Gasteiger partial charge on any atom is -0.352 e. The topological polar surface area (TPSA) is 29.1 Å². The number of hydrogen-bond acceptors (Lipinski definition) is 1. The molecule has 0 saturated heterocycles. The number of nitrogens with one attached hydrogen (secondary N) is 1. The van der Waals surface area contributed by atoms with Crippen LogP contribution in [-0.4, -0.2) is 5.91 Å². The van der Waals surface area contributed by atoms with Crippen LogP contribution in [0.5, 0.6) is 0 Å². The van der Waals surface area contributed by atoms with Crippen LogP contribution in [0.2, 0.25) is 0 Å². The molecule has 2 aromatic rings. The first-order valence-corrected chi connectivity index (χ1v) is 7.23. The summed E-state index contributed by atoms with van der Waals surface area (Å²) in [5.41, 5.74) is -1.76. The van der Waals surface area contributed by atoms with Crippen molar-refractivity contribution in [1.82, 2.24) is 5.32 Å². The predicted octanol–water partition coefficient (Wildman–Crippen LogP) is 4.37. The summed E-state index contributed by atoms with van der Waals surface area (Å²) < 4.78 is 78.4. The molecule has 1 amide bonds. The lowest BCUT2D eigenvalue weighted by Crippen LogP contribution is -2.25. The second-order valence-corrected chi connectivity index (χ2v) is 5.28. The number of carbonyl (C=O) groups is 1. The summed E-state index contributed by atoms with van der Waals surface area (Å²) in [6.07, 6.45) is -5.31. The maximum atomic E-state index is 13.4. The molecule has 0 aliphatic carbocycles. The van der Waals surface area contributed by atoms with Gasteiger partial charge in [-0.1, -0.05) is 12.1 Å². The normalized spacial score (nSPS) is 11.4. The molecule has 1 N–H and O–H groups in total. The quantitative estimate of drug-likeness (QED) is 0.788. The third-order valence-electron chi connectivity index (χ3n) is 3.52. The summed E-state index contributed by atoms with van der Waals surface area (Å²) >= 11 is 0. The van der Waals surface area contributed by atoms with Gasteiger partial charge in [0, 0.05) is 18.5 Å². The molecule has 2 nitrogen and oxygen atoms in total. The van der Waals surface area contributed by atoms with Gasteiger partial charge in [0.25, 0.3) is 0 Å². The maximum absolute atomic E-state index is 13.4. The number of halogens is 6. The number of alkyl halides is 3. The zero-order valence-corrected chi connectivity index (χ0v) is 12.8. The molecule has 0 saturated carbocycles. The molecule has 0 heterocycles. The first-order chi connectivity index (χ1) is 11.7. The number of hydrogen-bond donors (Lipinski definition) is 1. The molecule has 0 aliphatic rings. The Balaban J connectivity index is 1.99. The molecule has 2 rings (SSSR count). The summed E-state index contributed by atoms with van der Waals surface area (Å²) in [5, 5.41) is 2.23. The lowest BCUT2D eigenvalue weighted by molar-refractivity contribution is -0.138. The Hall–Kier alpha value is -2.51. The van der Waals surface area contributed by atoms with E-state index in [-0.39, 0.29) is 24.0 Å². The average Bonchev–Trinajstić information content (AvgIpc) is 2.52. The van der Waals surface area contributed by atoms with Crippen molar-refractivity contribution in [3.63, 3.8) is 0 Å². The van der Waals surface area contributed by atoms with Gasteiger partial charge in [-0.15, -0.1) is 0 Å². The summed E-state index contributed by atoms with van der Waals surface area (Å²) in [6, 6.07) is 5.40. The molecule has 134 valence electrons. The maximum Gasteiger partial charge on any atom is 0.416 e. The highest BCUT2D eigenvalue weighted by Crippen LogP contribution is 2.32. The number of amides is 1. The molecule has 0 radical (unpaired) electrons. The van der Waals surface area contributed by atoms with Gasteiger partial charge in [-0.05, 0) is 36.2 Å². The first kappa shape index (κ1) is 18.8. The van der Waals surface area contributed by atoms with Gasteiger partial charge >= 0.3 is 6.18 Å². The van der Waals surface area contributed by atoms with E-state index in [0.717, 1.165) is 24.3 Å². The fourth-order valence-corrected chi connectivity index (χ4v) is 2.26. The van der Waals surface area contributed by atoms with Gasteiger partial charge in [0.15, 0.2) is 0 Å². The highest BCUT2D eigenvalue weighted by Gasteiger charge is 2.33. The Kier molecular flexibility index (Phi) is 5.71. The molecule has 0 fully saturated rings. The van der Waals surface area contributed by atoms with E-state index in [1.165, 1.54) is 6.07 Å². The van der Waals surface area contributed by atoms with Crippen molar-refractivity contribution in [2.24, 2.45) is 0 Å². The lowest BCUT2D eigenvalue weighted by atomic mass is 10.1. The molecule has 2 aromatic carbocycles. The van der Waals surface area contributed by atoms with Crippen molar-refractivity contribution in [3.8, 4) is 0 Å². The van der Waals surface area contributed by atoms with Crippen LogP contribution in [-0.2, 0) is 23.9 Å². The fraction of sp³-hybridized carbons (Fsp3) is 0.235. The van der Waals surface area contributed by atoms with Crippen LogP contribution in [0, 0.1) is 17.5 Å². The van der Waals surface area contributed by atoms with Gasteiger partial charge in [-0.25, -0.2) is 13.2 Å². The molecule has 8 heteroatoms. The average molecular weight is 361 g/mol. The summed E-state index contributed by atoms with van der Waals surface area (Å²) in [4.78, 5) is 11.7. The molecule has 0 bridgehead atoms. The van der Waals surface area contributed by atoms with Crippen LogP contribution < -0.4 is 5.32 Å². The Morgan fingerprint density at radius 1 is 1.00 bits per heavy atom. The van der Waals surface area contributed by atoms with E-state index in [0.29, 0.717) is 6.07 Å². The summed E-state index contributed by atoms with van der Waals surface area (Å²) in [6.45, 7) is -0.478. The molecule has 0 unspecified atom stereocenters. The van der Waals surface area contributed by atoms with Gasteiger partial charge in [-0.2, -0.15) is 13.2 Å². The molecule has 0 aliphatic heterocycles. The lowest BCUT2D eigenvalue weighted by Gasteiger charge is -2.13. The van der Waals surface area contributed by atoms with E-state index in [2.05, 4.69) is 5.32 Å². The largest absolute Gasteiger partial charge is 0.416 e. The zero-order chi connectivity index (χ0) is 18.6. The Morgan fingerprint density at radius 2 is 1.64 bits per heavy atom. The van der Waals surface area contributed by atoms with Gasteiger partial charge < -0.3 is 5.32 Å². The van der Waals surface area contributed by atoms with Crippen LogP contribution in [0.25, 0.3) is 0 Å². The smallest absolute Gasteiger partial charge is 0.352 e. The standard InChI is InChI=1S/C17H13F6NO/c18-11-5-4-10(13(8-11)17(21,22)23)9-24-16(25)7-6-12-14(19)2-1-3-15(12)20/h1-5,8H,6-7,9H2,(H,24,25). The van der Waals surface area contributed by atoms with Crippen molar-refractivity contribution >= 4 is 5.91 Å². The predicted molar refractivity (Wildman–Crippen MR) is 77.9 cm³/mol. The van der Waals surface area contributed by atoms with E-state index < -0.39 is 41.6 Å². The van der Waals surface area contributed by atoms with Crippen LogP contribution >= 0.6 is 0 Å². The van der Waals surface area contributed by atoms with Crippen molar-refractivity contribution in [2.45, 2.75) is 25.6 Å². The van der Waals surface area contributed by atoms with Crippen molar-refractivity contribution in [2.75, 3.05) is 0 Å². The highest BCUT2D eigenvalue weighted by atomic mass is 19.4. The van der Waals surface area contributed by atoms with Gasteiger partial charge in [-0.3, -0.25) is 4.79 Å². The van der Waals surface area contributed by atoms with Crippen LogP contribution in [0.1, 0.15) is 23.1 Å². The Morgan fingerprint density at radius 3 is 2.24 bits per heavy atom. The van der Waals surface area contributed by atoms with Crippen LogP contribution in [0.4, 0.5) is 26.3 Å². The van der Waals surface area contributed by atoms with Crippen LogP contribution in [0.15, 0.2) is 36.4 Å². The SMILES string of the molecule is O=C(CCc1c(F)cccc1F)NCc1ccc(F)cc1C(F)(F)F. The minimum absolute atomic E-state index is 0.236. The second kappa shape index (κ2) is 7.58. The van der Waals surface area contributed by atoms with Crippen molar-refractivity contribution in [3.05, 3.63) is 70.5 Å². The van der Waals surface area contributed by atoms with Crippen molar-refractivity contribution in [1.29, 1.82) is 0 Å². The minimum atomic E-state index is -4.77. The molecule has 0 atom stereocenters. The van der Waals surface area contributed by atoms with E-state index in [9.17, 15) is 31.1 Å². The highest BCUT2D eigenvalue weighted by molar-refractivity contribution is 5.76. The van der Waals surface area contributed by atoms with E-state index in [4.69, 9.17) is 0 Å². The zero-order valence-electron chi connectivity index (χ0n) is 12.8. The second-order valence-electron chi connectivity index (χ2n) is 5.28. The third kappa shape index (κ3) is 4.98. The number of benzene rings is 2. The van der Waals surface area contributed by atoms with Gasteiger partial charge in [0.2, 0.25) is 5.91 Å². The molecule has 25 heavy (non-hydrogen) atoms. The van der Waals surface area contributed by atoms with Crippen LogP contribution in [0.3, 0.4) is 0 Å². The Bertz CT molecular complexity index is 752. The monoisotopic (exact) mass is 361 g/mol. The van der Waals surface area contributed by atoms with E-state index >= 15 is 0 Å². The fourth-order valence-electron chi connectivity index (χ4n) is 2.26. The summed E-state index contributed by atoms with van der Waals surface area (Å²) in [7, 11) is 0. The van der Waals surface area contributed by atoms with Gasteiger partial charge in [0.05, 0.1) is 5.56 Å². The van der Waals surface area contributed by atoms with Crippen molar-refractivity contribution < 1.29 is 31.1 Å². The number of carbonyl (C=O) groups excluding carboxylic acids is 1. The molecular weight excluding hydrogens is 348 g/mol. The first-order valence-electron chi connectivity index (χ1n) is 7.23. The number of rotatable bonds is 5. The molecule has 0 spiro atoms. The van der Waals surface area contributed by atoms with Gasteiger partial charge in [0.1, 0.15) is 17.5 Å². The van der Waals surface area contributed by atoms with E-state index in [1.54, 1.807) is 0 Å².